The number of benzene rings is 1. The lowest BCUT2D eigenvalue weighted by atomic mass is 9.94. The first-order valence-electron chi connectivity index (χ1n) is 8.60. The SMILES string of the molecule is CC(C)(C)OC(=O)N1CC(O)(CNC(=O)c2cccc(-c3ncn[nH]3)c2)C1. The highest BCUT2D eigenvalue weighted by Gasteiger charge is 2.45. The number of rotatable bonds is 4. The Labute approximate surface area is 156 Å². The molecule has 9 nitrogen and oxygen atoms in total. The van der Waals surface area contributed by atoms with Gasteiger partial charge >= 0.3 is 6.09 Å². The van der Waals surface area contributed by atoms with Gasteiger partial charge in [0.1, 0.15) is 17.5 Å². The smallest absolute Gasteiger partial charge is 0.410 e. The molecule has 3 N–H and O–H groups in total. The van der Waals surface area contributed by atoms with Crippen molar-refractivity contribution in [2.75, 3.05) is 19.6 Å². The van der Waals surface area contributed by atoms with Gasteiger partial charge in [-0.15, -0.1) is 0 Å². The van der Waals surface area contributed by atoms with Gasteiger partial charge in [-0.25, -0.2) is 9.78 Å². The van der Waals surface area contributed by atoms with Crippen LogP contribution in [0.1, 0.15) is 31.1 Å². The summed E-state index contributed by atoms with van der Waals surface area (Å²) in [6, 6.07) is 6.92. The van der Waals surface area contributed by atoms with Gasteiger partial charge in [0.15, 0.2) is 5.82 Å². The first kappa shape index (κ1) is 18.8. The molecule has 1 aromatic carbocycles. The van der Waals surface area contributed by atoms with Crippen molar-refractivity contribution in [3.8, 4) is 11.4 Å². The predicted octanol–water partition coefficient (Wildman–Crippen LogP) is 1.18. The van der Waals surface area contributed by atoms with E-state index in [1.54, 1.807) is 39.0 Å². The molecule has 1 saturated heterocycles. The van der Waals surface area contributed by atoms with Gasteiger partial charge in [-0.1, -0.05) is 12.1 Å². The fraction of sp³-hybridized carbons (Fsp3) is 0.444. The monoisotopic (exact) mass is 373 g/mol. The Kier molecular flexibility index (Phi) is 4.88. The van der Waals surface area contributed by atoms with E-state index in [0.29, 0.717) is 11.4 Å². The van der Waals surface area contributed by atoms with E-state index in [2.05, 4.69) is 20.5 Å². The number of amides is 2. The van der Waals surface area contributed by atoms with Crippen LogP contribution in [0.3, 0.4) is 0 Å². The Balaban J connectivity index is 1.53. The average molecular weight is 373 g/mol. The number of likely N-dealkylation sites (tertiary alicyclic amines) is 1. The average Bonchev–Trinajstić information content (AvgIpc) is 3.10. The van der Waals surface area contributed by atoms with Crippen LogP contribution in [0.2, 0.25) is 0 Å². The number of ether oxygens (including phenoxy) is 1. The number of aromatic amines is 1. The quantitative estimate of drug-likeness (QED) is 0.740. The molecular weight excluding hydrogens is 350 g/mol. The number of H-pyrrole nitrogens is 1. The van der Waals surface area contributed by atoms with Crippen molar-refractivity contribution in [3.63, 3.8) is 0 Å². The number of nitrogens with one attached hydrogen (secondary N) is 2. The minimum Gasteiger partial charge on any atom is -0.444 e. The standard InChI is InChI=1S/C18H23N5O4/c1-17(2,3)27-16(25)23-9-18(26,10-23)8-19-15(24)13-6-4-5-12(7-13)14-20-11-21-22-14/h4-7,11,26H,8-10H2,1-3H3,(H,19,24)(H,20,21,22). The zero-order valence-corrected chi connectivity index (χ0v) is 15.5. The van der Waals surface area contributed by atoms with Gasteiger partial charge in [0.2, 0.25) is 0 Å². The van der Waals surface area contributed by atoms with E-state index in [-0.39, 0.29) is 25.5 Å². The summed E-state index contributed by atoms with van der Waals surface area (Å²) in [6.07, 6.45) is 0.920. The molecule has 3 rings (SSSR count). The molecule has 144 valence electrons. The lowest BCUT2D eigenvalue weighted by Gasteiger charge is -2.46. The molecular formula is C18H23N5O4. The Morgan fingerprint density at radius 3 is 2.74 bits per heavy atom. The topological polar surface area (TPSA) is 120 Å². The van der Waals surface area contributed by atoms with E-state index in [1.807, 2.05) is 6.07 Å². The highest BCUT2D eigenvalue weighted by molar-refractivity contribution is 5.95. The van der Waals surface area contributed by atoms with Gasteiger partial charge in [0.25, 0.3) is 5.91 Å². The van der Waals surface area contributed by atoms with Crippen LogP contribution in [0, 0.1) is 0 Å². The third kappa shape index (κ3) is 4.62. The van der Waals surface area contributed by atoms with Gasteiger partial charge in [0, 0.05) is 11.1 Å². The third-order valence-corrected chi connectivity index (χ3v) is 4.01. The molecule has 1 aromatic heterocycles. The largest absolute Gasteiger partial charge is 0.444 e. The summed E-state index contributed by atoms with van der Waals surface area (Å²) < 4.78 is 5.25. The van der Waals surface area contributed by atoms with Crippen molar-refractivity contribution in [1.29, 1.82) is 0 Å². The second-order valence-electron chi connectivity index (χ2n) is 7.66. The third-order valence-electron chi connectivity index (χ3n) is 4.01. The van der Waals surface area contributed by atoms with E-state index in [1.165, 1.54) is 11.2 Å². The van der Waals surface area contributed by atoms with Gasteiger partial charge in [0.05, 0.1) is 19.6 Å². The summed E-state index contributed by atoms with van der Waals surface area (Å²) in [5, 5.41) is 19.7. The molecule has 2 amide bonds. The summed E-state index contributed by atoms with van der Waals surface area (Å²) in [7, 11) is 0. The van der Waals surface area contributed by atoms with Crippen molar-refractivity contribution in [1.82, 2.24) is 25.4 Å². The number of nitrogens with zero attached hydrogens (tertiary/aromatic N) is 3. The fourth-order valence-electron chi connectivity index (χ4n) is 2.73. The van der Waals surface area contributed by atoms with Crippen molar-refractivity contribution in [3.05, 3.63) is 36.2 Å². The lowest BCUT2D eigenvalue weighted by Crippen LogP contribution is -2.68. The Hall–Kier alpha value is -2.94. The van der Waals surface area contributed by atoms with Gasteiger partial charge < -0.3 is 20.1 Å². The number of hydrogen-bond acceptors (Lipinski definition) is 6. The number of β-amino-alcohol motifs (C(OH)–C–C–N with tert-alkyl or cyclic N) is 1. The Bertz CT molecular complexity index is 823. The Morgan fingerprint density at radius 2 is 2.11 bits per heavy atom. The summed E-state index contributed by atoms with van der Waals surface area (Å²) in [6.45, 7) is 5.61. The minimum atomic E-state index is -1.16. The van der Waals surface area contributed by atoms with Crippen molar-refractivity contribution in [2.24, 2.45) is 0 Å². The normalized spacial score (nSPS) is 15.8. The molecule has 0 saturated carbocycles. The van der Waals surface area contributed by atoms with Crippen molar-refractivity contribution < 1.29 is 19.4 Å². The van der Waals surface area contributed by atoms with Crippen LogP contribution in [0.15, 0.2) is 30.6 Å². The van der Waals surface area contributed by atoms with Gasteiger partial charge in [-0.05, 0) is 32.9 Å². The molecule has 27 heavy (non-hydrogen) atoms. The molecule has 1 aliphatic heterocycles. The molecule has 2 aromatic rings. The highest BCUT2D eigenvalue weighted by Crippen LogP contribution is 2.23. The van der Waals surface area contributed by atoms with Crippen LogP contribution >= 0.6 is 0 Å². The number of carbonyl (C=O) groups excluding carboxylic acids is 2. The Morgan fingerprint density at radius 1 is 1.37 bits per heavy atom. The maximum absolute atomic E-state index is 12.4. The van der Waals surface area contributed by atoms with E-state index in [0.717, 1.165) is 5.56 Å². The van der Waals surface area contributed by atoms with Crippen LogP contribution < -0.4 is 5.32 Å². The summed E-state index contributed by atoms with van der Waals surface area (Å²) in [4.78, 5) is 29.8. The number of aliphatic hydroxyl groups is 1. The van der Waals surface area contributed by atoms with E-state index in [4.69, 9.17) is 4.74 Å². The number of hydrogen-bond donors (Lipinski definition) is 3. The van der Waals surface area contributed by atoms with E-state index in [9.17, 15) is 14.7 Å². The summed E-state index contributed by atoms with van der Waals surface area (Å²) in [5.41, 5.74) is -0.572. The predicted molar refractivity (Wildman–Crippen MR) is 96.9 cm³/mol. The summed E-state index contributed by atoms with van der Waals surface area (Å²) >= 11 is 0. The number of carbonyl (C=O) groups is 2. The van der Waals surface area contributed by atoms with Crippen LogP contribution in [0.25, 0.3) is 11.4 Å². The second-order valence-corrected chi connectivity index (χ2v) is 7.66. The molecule has 0 spiro atoms. The van der Waals surface area contributed by atoms with Crippen molar-refractivity contribution >= 4 is 12.0 Å². The summed E-state index contributed by atoms with van der Waals surface area (Å²) in [5.74, 6) is 0.246. The lowest BCUT2D eigenvalue weighted by molar-refractivity contribution is -0.0948. The van der Waals surface area contributed by atoms with Crippen LogP contribution in [0.5, 0.6) is 0 Å². The first-order chi connectivity index (χ1) is 12.7. The fourth-order valence-corrected chi connectivity index (χ4v) is 2.73. The molecule has 0 aliphatic carbocycles. The molecule has 0 unspecified atom stereocenters. The molecule has 9 heteroatoms. The maximum Gasteiger partial charge on any atom is 0.410 e. The zero-order chi connectivity index (χ0) is 19.7. The van der Waals surface area contributed by atoms with Crippen LogP contribution in [-0.2, 0) is 4.74 Å². The van der Waals surface area contributed by atoms with Gasteiger partial charge in [-0.3, -0.25) is 9.89 Å². The minimum absolute atomic E-state index is 0.0394. The molecule has 1 aliphatic rings. The molecule has 0 radical (unpaired) electrons. The van der Waals surface area contributed by atoms with Gasteiger partial charge in [-0.2, -0.15) is 5.10 Å². The second kappa shape index (κ2) is 6.99. The van der Waals surface area contributed by atoms with E-state index >= 15 is 0 Å². The van der Waals surface area contributed by atoms with Crippen LogP contribution in [0.4, 0.5) is 4.79 Å². The van der Waals surface area contributed by atoms with Crippen molar-refractivity contribution in [2.45, 2.75) is 32.0 Å². The van der Waals surface area contributed by atoms with Crippen LogP contribution in [-0.4, -0.2) is 68.0 Å². The molecule has 0 bridgehead atoms. The molecule has 0 atom stereocenters. The first-order valence-corrected chi connectivity index (χ1v) is 8.60. The number of aromatic nitrogens is 3. The highest BCUT2D eigenvalue weighted by atomic mass is 16.6. The zero-order valence-electron chi connectivity index (χ0n) is 15.5. The van der Waals surface area contributed by atoms with E-state index < -0.39 is 17.3 Å². The molecule has 1 fully saturated rings. The molecule has 2 heterocycles. The maximum atomic E-state index is 12.4.